The molecule has 4 rings (SSSR count). The second-order valence-corrected chi connectivity index (χ2v) is 7.13. The fraction of sp³-hybridized carbons (Fsp3) is 0.136. The number of carbonyl (C=O) groups excluding carboxylic acids is 1. The molecule has 0 atom stereocenters. The summed E-state index contributed by atoms with van der Waals surface area (Å²) in [6.45, 7) is 2.21. The van der Waals surface area contributed by atoms with Crippen molar-refractivity contribution in [2.45, 2.75) is 6.92 Å². The highest BCUT2D eigenvalue weighted by Crippen LogP contribution is 2.36. The molecule has 158 valence electrons. The molecule has 2 aromatic heterocycles. The third-order valence-corrected chi connectivity index (χ3v) is 5.04. The molecular formula is C22H19ClFN5O2. The lowest BCUT2D eigenvalue weighted by Gasteiger charge is -2.13. The van der Waals surface area contributed by atoms with Crippen LogP contribution in [0, 0.1) is 5.82 Å². The highest BCUT2D eigenvalue weighted by atomic mass is 35.5. The number of ether oxygens (including phenoxy) is 1. The molecule has 0 aliphatic rings. The normalized spacial score (nSPS) is 10.8. The van der Waals surface area contributed by atoms with Crippen molar-refractivity contribution >= 4 is 34.2 Å². The average Bonchev–Trinajstić information content (AvgIpc) is 3.19. The summed E-state index contributed by atoms with van der Waals surface area (Å²) in [5.74, 6) is -0.400. The fourth-order valence-corrected chi connectivity index (χ4v) is 3.36. The van der Waals surface area contributed by atoms with Crippen molar-refractivity contribution in [2.75, 3.05) is 11.9 Å². The molecule has 2 heterocycles. The first-order valence-electron chi connectivity index (χ1n) is 9.54. The number of aromatic nitrogens is 3. The van der Waals surface area contributed by atoms with E-state index < -0.39 is 11.8 Å². The Morgan fingerprint density at radius 1 is 1.23 bits per heavy atom. The number of amides is 2. The zero-order valence-electron chi connectivity index (χ0n) is 16.8. The smallest absolute Gasteiger partial charge is 0.319 e. The van der Waals surface area contributed by atoms with Crippen LogP contribution in [0.1, 0.15) is 6.92 Å². The van der Waals surface area contributed by atoms with Crippen molar-refractivity contribution in [3.8, 4) is 22.8 Å². The summed E-state index contributed by atoms with van der Waals surface area (Å²) >= 11 is 6.10. The predicted octanol–water partition coefficient (Wildman–Crippen LogP) is 5.36. The number of urea groups is 1. The number of hydrogen-bond donors (Lipinski definition) is 2. The Balaban J connectivity index is 1.65. The summed E-state index contributed by atoms with van der Waals surface area (Å²) in [7, 11) is 1.91. The summed E-state index contributed by atoms with van der Waals surface area (Å²) in [5, 5.41) is 5.54. The van der Waals surface area contributed by atoms with Gasteiger partial charge < -0.3 is 19.9 Å². The second kappa shape index (κ2) is 8.61. The molecule has 9 heteroatoms. The van der Waals surface area contributed by atoms with Crippen LogP contribution in [0.15, 0.2) is 55.1 Å². The van der Waals surface area contributed by atoms with Crippen LogP contribution < -0.4 is 15.4 Å². The highest BCUT2D eigenvalue weighted by molar-refractivity contribution is 6.34. The maximum atomic E-state index is 14.8. The summed E-state index contributed by atoms with van der Waals surface area (Å²) in [6.07, 6.45) is 5.09. The van der Waals surface area contributed by atoms with E-state index in [1.165, 1.54) is 12.1 Å². The van der Waals surface area contributed by atoms with Gasteiger partial charge in [0.15, 0.2) is 11.6 Å². The SMILES string of the molecule is CCNC(=O)Nc1ccc(Oc2ccnc3cc(-c4cncn4C)ccc23)c(F)c1Cl. The van der Waals surface area contributed by atoms with Gasteiger partial charge in [-0.1, -0.05) is 17.7 Å². The molecule has 31 heavy (non-hydrogen) atoms. The lowest BCUT2D eigenvalue weighted by molar-refractivity contribution is 0.252. The Bertz CT molecular complexity index is 1270. The van der Waals surface area contributed by atoms with Gasteiger partial charge in [-0.2, -0.15) is 0 Å². The Morgan fingerprint density at radius 3 is 2.81 bits per heavy atom. The van der Waals surface area contributed by atoms with E-state index in [-0.39, 0.29) is 16.5 Å². The van der Waals surface area contributed by atoms with Gasteiger partial charge in [-0.15, -0.1) is 0 Å². The summed E-state index contributed by atoms with van der Waals surface area (Å²) in [6, 6.07) is 9.80. The molecule has 0 unspecified atom stereocenters. The van der Waals surface area contributed by atoms with Crippen LogP contribution in [0.2, 0.25) is 5.02 Å². The molecule has 2 amide bonds. The van der Waals surface area contributed by atoms with E-state index in [2.05, 4.69) is 20.6 Å². The number of anilines is 1. The molecule has 2 aromatic carbocycles. The quantitative estimate of drug-likeness (QED) is 0.438. The second-order valence-electron chi connectivity index (χ2n) is 6.76. The first-order valence-corrected chi connectivity index (χ1v) is 9.92. The number of fused-ring (bicyclic) bond motifs is 1. The average molecular weight is 440 g/mol. The van der Waals surface area contributed by atoms with Crippen LogP contribution in [0.25, 0.3) is 22.2 Å². The number of carbonyl (C=O) groups is 1. The minimum atomic E-state index is -0.771. The molecule has 0 saturated carbocycles. The van der Waals surface area contributed by atoms with Gasteiger partial charge in [0.2, 0.25) is 0 Å². The van der Waals surface area contributed by atoms with Crippen LogP contribution in [0.3, 0.4) is 0 Å². The van der Waals surface area contributed by atoms with Gasteiger partial charge >= 0.3 is 6.03 Å². The summed E-state index contributed by atoms with van der Waals surface area (Å²) in [5.41, 5.74) is 2.74. The summed E-state index contributed by atoms with van der Waals surface area (Å²) in [4.78, 5) is 20.2. The van der Waals surface area contributed by atoms with Gasteiger partial charge in [-0.25, -0.2) is 14.2 Å². The standard InChI is InChI=1S/C22H19ClFN5O2/c1-3-26-22(30)28-15-6-7-19(21(24)20(15)23)31-18-8-9-27-16-10-13(4-5-14(16)18)17-11-25-12-29(17)2/h4-12H,3H2,1-2H3,(H2,26,28,30). The number of hydrogen-bond acceptors (Lipinski definition) is 4. The maximum absolute atomic E-state index is 14.8. The van der Waals surface area contributed by atoms with Crippen molar-refractivity contribution in [2.24, 2.45) is 7.05 Å². The van der Waals surface area contributed by atoms with Crippen LogP contribution in [0.5, 0.6) is 11.5 Å². The summed E-state index contributed by atoms with van der Waals surface area (Å²) < 4.78 is 22.6. The Labute approximate surface area is 182 Å². The molecule has 0 bridgehead atoms. The minimum absolute atomic E-state index is 0.0605. The molecule has 2 N–H and O–H groups in total. The molecule has 0 spiro atoms. The number of nitrogens with zero attached hydrogens (tertiary/aromatic N) is 3. The Hall–Kier alpha value is -3.65. The molecule has 7 nitrogen and oxygen atoms in total. The molecule has 4 aromatic rings. The van der Waals surface area contributed by atoms with E-state index in [4.69, 9.17) is 16.3 Å². The van der Waals surface area contributed by atoms with E-state index >= 15 is 0 Å². The zero-order chi connectivity index (χ0) is 22.0. The van der Waals surface area contributed by atoms with Gasteiger partial charge in [-0.3, -0.25) is 4.98 Å². The number of pyridine rings is 1. The van der Waals surface area contributed by atoms with E-state index in [1.807, 2.05) is 29.8 Å². The van der Waals surface area contributed by atoms with E-state index in [0.29, 0.717) is 23.2 Å². The van der Waals surface area contributed by atoms with Gasteiger partial charge in [0, 0.05) is 30.7 Å². The van der Waals surface area contributed by atoms with Crippen LogP contribution in [-0.2, 0) is 7.05 Å². The van der Waals surface area contributed by atoms with E-state index in [1.54, 1.807) is 31.7 Å². The first-order chi connectivity index (χ1) is 15.0. The highest BCUT2D eigenvalue weighted by Gasteiger charge is 2.16. The lowest BCUT2D eigenvalue weighted by Crippen LogP contribution is -2.28. The monoisotopic (exact) mass is 439 g/mol. The largest absolute Gasteiger partial charge is 0.453 e. The minimum Gasteiger partial charge on any atom is -0.453 e. The van der Waals surface area contributed by atoms with E-state index in [9.17, 15) is 9.18 Å². The number of imidazole rings is 1. The topological polar surface area (TPSA) is 81.1 Å². The van der Waals surface area contributed by atoms with Crippen molar-refractivity contribution < 1.29 is 13.9 Å². The number of benzene rings is 2. The van der Waals surface area contributed by atoms with Gasteiger partial charge in [0.05, 0.1) is 29.4 Å². The first kappa shape index (κ1) is 20.6. The zero-order valence-corrected chi connectivity index (χ0v) is 17.6. The van der Waals surface area contributed by atoms with Crippen molar-refractivity contribution in [3.05, 3.63) is 66.0 Å². The molecular weight excluding hydrogens is 421 g/mol. The number of nitrogens with one attached hydrogen (secondary N) is 2. The van der Waals surface area contributed by atoms with Gasteiger partial charge in [0.1, 0.15) is 10.8 Å². The fourth-order valence-electron chi connectivity index (χ4n) is 3.16. The van der Waals surface area contributed by atoms with Crippen molar-refractivity contribution in [3.63, 3.8) is 0 Å². The predicted molar refractivity (Wildman–Crippen MR) is 118 cm³/mol. The third kappa shape index (κ3) is 4.15. The van der Waals surface area contributed by atoms with Crippen LogP contribution in [-0.4, -0.2) is 27.1 Å². The van der Waals surface area contributed by atoms with E-state index in [0.717, 1.165) is 11.3 Å². The number of halogens is 2. The van der Waals surface area contributed by atoms with Crippen LogP contribution >= 0.6 is 11.6 Å². The van der Waals surface area contributed by atoms with Gasteiger partial charge in [-0.05, 0) is 37.3 Å². The third-order valence-electron chi connectivity index (χ3n) is 4.67. The molecule has 0 fully saturated rings. The number of aryl methyl sites for hydroxylation is 1. The lowest BCUT2D eigenvalue weighted by atomic mass is 10.1. The molecule has 0 aliphatic heterocycles. The number of rotatable bonds is 5. The Morgan fingerprint density at radius 2 is 2.06 bits per heavy atom. The molecule has 0 aliphatic carbocycles. The molecule has 0 radical (unpaired) electrons. The Kier molecular flexibility index (Phi) is 5.73. The van der Waals surface area contributed by atoms with Gasteiger partial charge in [0.25, 0.3) is 0 Å². The van der Waals surface area contributed by atoms with Crippen molar-refractivity contribution in [1.82, 2.24) is 19.9 Å². The van der Waals surface area contributed by atoms with Crippen LogP contribution in [0.4, 0.5) is 14.9 Å². The maximum Gasteiger partial charge on any atom is 0.319 e. The van der Waals surface area contributed by atoms with Crippen molar-refractivity contribution in [1.29, 1.82) is 0 Å². The molecule has 0 saturated heterocycles.